The van der Waals surface area contributed by atoms with Crippen LogP contribution in [0.2, 0.25) is 0 Å². The zero-order valence-electron chi connectivity index (χ0n) is 16.8. The van der Waals surface area contributed by atoms with Crippen LogP contribution in [-0.2, 0) is 20.7 Å². The minimum atomic E-state index is -0.434. The molecule has 0 saturated heterocycles. The number of hydrogen-bond acceptors (Lipinski definition) is 4. The molecular formula is C22H32O4. The molecule has 0 fully saturated rings. The number of rotatable bonds is 11. The van der Waals surface area contributed by atoms with Crippen LogP contribution in [0.25, 0.3) is 0 Å². The Morgan fingerprint density at radius 3 is 2.54 bits per heavy atom. The van der Waals surface area contributed by atoms with E-state index >= 15 is 0 Å². The molecule has 0 radical (unpaired) electrons. The second-order valence-corrected chi connectivity index (χ2v) is 6.80. The van der Waals surface area contributed by atoms with Crippen molar-refractivity contribution in [3.05, 3.63) is 41.0 Å². The number of methoxy groups -OCH3 is 1. The number of carbonyl (C=O) groups is 2. The number of ketones is 1. The molecule has 0 unspecified atom stereocenters. The van der Waals surface area contributed by atoms with E-state index in [2.05, 4.69) is 38.1 Å². The third-order valence-corrected chi connectivity index (χ3v) is 4.30. The number of carbonyl (C=O) groups excluding carboxylic acids is 2. The van der Waals surface area contributed by atoms with Gasteiger partial charge in [0.2, 0.25) is 0 Å². The van der Waals surface area contributed by atoms with Crippen molar-refractivity contribution in [1.82, 2.24) is 0 Å². The predicted molar refractivity (Wildman–Crippen MR) is 105 cm³/mol. The van der Waals surface area contributed by atoms with Crippen LogP contribution in [0.15, 0.2) is 29.8 Å². The second-order valence-electron chi connectivity index (χ2n) is 6.80. The quantitative estimate of drug-likeness (QED) is 0.316. The van der Waals surface area contributed by atoms with Gasteiger partial charge in [-0.25, -0.2) is 0 Å². The van der Waals surface area contributed by atoms with E-state index in [9.17, 15) is 9.59 Å². The number of ether oxygens (including phenoxy) is 2. The largest absolute Gasteiger partial charge is 0.496 e. The maximum Gasteiger partial charge on any atom is 0.313 e. The Labute approximate surface area is 157 Å². The lowest BCUT2D eigenvalue weighted by molar-refractivity contribution is -0.145. The molecular weight excluding hydrogens is 328 g/mol. The summed E-state index contributed by atoms with van der Waals surface area (Å²) in [4.78, 5) is 23.1. The normalized spacial score (nSPS) is 11.5. The summed E-state index contributed by atoms with van der Waals surface area (Å²) >= 11 is 0. The van der Waals surface area contributed by atoms with E-state index in [0.717, 1.165) is 18.6 Å². The van der Waals surface area contributed by atoms with Crippen LogP contribution in [0.4, 0.5) is 0 Å². The Kier molecular flexibility index (Phi) is 9.71. The van der Waals surface area contributed by atoms with E-state index in [-0.39, 0.29) is 12.2 Å². The smallest absolute Gasteiger partial charge is 0.313 e. The number of para-hydroxylation sites is 1. The molecule has 0 aliphatic rings. The molecule has 0 atom stereocenters. The molecule has 144 valence electrons. The number of Topliss-reactive ketones (excluding diaryl/α,β-unsaturated/α-hetero) is 1. The zero-order chi connectivity index (χ0) is 19.5. The van der Waals surface area contributed by atoms with Gasteiger partial charge in [0, 0.05) is 6.42 Å². The fourth-order valence-electron chi connectivity index (χ4n) is 2.88. The van der Waals surface area contributed by atoms with Crippen molar-refractivity contribution >= 4 is 11.8 Å². The van der Waals surface area contributed by atoms with Crippen LogP contribution in [0.3, 0.4) is 0 Å². The molecule has 0 heterocycles. The van der Waals surface area contributed by atoms with Crippen molar-refractivity contribution < 1.29 is 19.1 Å². The first-order valence-corrected chi connectivity index (χ1v) is 9.37. The van der Waals surface area contributed by atoms with Gasteiger partial charge in [0.25, 0.3) is 0 Å². The van der Waals surface area contributed by atoms with Crippen molar-refractivity contribution in [2.45, 2.75) is 65.7 Å². The minimum Gasteiger partial charge on any atom is -0.496 e. The van der Waals surface area contributed by atoms with E-state index in [1.54, 1.807) is 14.0 Å². The van der Waals surface area contributed by atoms with Crippen LogP contribution >= 0.6 is 0 Å². The van der Waals surface area contributed by atoms with Gasteiger partial charge in [-0.15, -0.1) is 0 Å². The summed E-state index contributed by atoms with van der Waals surface area (Å²) in [6, 6.07) is 6.30. The van der Waals surface area contributed by atoms with Crippen molar-refractivity contribution in [3.63, 3.8) is 0 Å². The molecule has 0 N–H and O–H groups in total. The lowest BCUT2D eigenvalue weighted by atomic mass is 9.96. The van der Waals surface area contributed by atoms with Gasteiger partial charge in [-0.1, -0.05) is 43.7 Å². The second kappa shape index (κ2) is 11.5. The Balaban J connectivity index is 2.52. The fraction of sp³-hybridized carbons (Fsp3) is 0.545. The van der Waals surface area contributed by atoms with Gasteiger partial charge < -0.3 is 9.47 Å². The predicted octanol–water partition coefficient (Wildman–Crippen LogP) is 5.00. The van der Waals surface area contributed by atoms with Crippen LogP contribution in [0, 0.1) is 0 Å². The van der Waals surface area contributed by atoms with E-state index in [4.69, 9.17) is 9.47 Å². The van der Waals surface area contributed by atoms with Crippen LogP contribution < -0.4 is 4.74 Å². The van der Waals surface area contributed by atoms with E-state index in [1.807, 2.05) is 6.92 Å². The van der Waals surface area contributed by atoms with Gasteiger partial charge in [0.15, 0.2) is 0 Å². The highest BCUT2D eigenvalue weighted by molar-refractivity contribution is 5.95. The maximum absolute atomic E-state index is 11.8. The Morgan fingerprint density at radius 2 is 1.92 bits per heavy atom. The molecule has 0 aromatic heterocycles. The highest BCUT2D eigenvalue weighted by atomic mass is 16.5. The van der Waals surface area contributed by atoms with Crippen molar-refractivity contribution in [3.8, 4) is 5.75 Å². The summed E-state index contributed by atoms with van der Waals surface area (Å²) in [5.74, 6) is 0.907. The van der Waals surface area contributed by atoms with Crippen LogP contribution in [-0.4, -0.2) is 25.5 Å². The monoisotopic (exact) mass is 360 g/mol. The zero-order valence-corrected chi connectivity index (χ0v) is 16.8. The third kappa shape index (κ3) is 7.42. The lowest BCUT2D eigenvalue weighted by Gasteiger charge is -2.15. The molecule has 0 aliphatic heterocycles. The maximum atomic E-state index is 11.8. The standard InChI is InChI=1S/C22H32O4/c1-6-26-21(24)15-19(23)14-13-17(4)9-7-10-18-11-8-12-20(16(2)3)22(18)25-5/h8-9,11-12,16H,6-7,10,13-15H2,1-5H3/b17-9+. The Bertz CT molecular complexity index is 629. The molecule has 4 heteroatoms. The molecule has 0 saturated carbocycles. The summed E-state index contributed by atoms with van der Waals surface area (Å²) in [6.07, 6.45) is 4.90. The summed E-state index contributed by atoms with van der Waals surface area (Å²) < 4.78 is 10.4. The summed E-state index contributed by atoms with van der Waals surface area (Å²) in [7, 11) is 1.72. The summed E-state index contributed by atoms with van der Waals surface area (Å²) in [5.41, 5.74) is 3.61. The molecule has 0 bridgehead atoms. The molecule has 0 spiro atoms. The first-order chi connectivity index (χ1) is 12.4. The lowest BCUT2D eigenvalue weighted by Crippen LogP contribution is -2.10. The number of benzene rings is 1. The van der Waals surface area contributed by atoms with Crippen LogP contribution in [0.1, 0.15) is 70.4 Å². The summed E-state index contributed by atoms with van der Waals surface area (Å²) in [5, 5.41) is 0. The average molecular weight is 360 g/mol. The summed E-state index contributed by atoms with van der Waals surface area (Å²) in [6.45, 7) is 8.41. The number of hydrogen-bond donors (Lipinski definition) is 0. The van der Waals surface area contributed by atoms with Crippen molar-refractivity contribution in [2.24, 2.45) is 0 Å². The van der Waals surface area contributed by atoms with Gasteiger partial charge >= 0.3 is 5.97 Å². The molecule has 1 aromatic carbocycles. The van der Waals surface area contributed by atoms with Gasteiger partial charge in [-0.3, -0.25) is 9.59 Å². The van der Waals surface area contributed by atoms with Gasteiger partial charge in [-0.05, 0) is 50.2 Å². The third-order valence-electron chi connectivity index (χ3n) is 4.30. The molecule has 0 aliphatic carbocycles. The van der Waals surface area contributed by atoms with Crippen molar-refractivity contribution in [1.29, 1.82) is 0 Å². The molecule has 26 heavy (non-hydrogen) atoms. The van der Waals surface area contributed by atoms with Gasteiger partial charge in [0.05, 0.1) is 13.7 Å². The van der Waals surface area contributed by atoms with Crippen LogP contribution in [0.5, 0.6) is 5.75 Å². The van der Waals surface area contributed by atoms with E-state index in [0.29, 0.717) is 25.4 Å². The molecule has 4 nitrogen and oxygen atoms in total. The SMILES string of the molecule is CCOC(=O)CC(=O)CC/C(C)=C/CCc1cccc(C(C)C)c1OC. The number of allylic oxidation sites excluding steroid dienone is 2. The number of aryl methyl sites for hydroxylation is 1. The molecule has 1 rings (SSSR count). The number of esters is 1. The highest BCUT2D eigenvalue weighted by Crippen LogP contribution is 2.30. The average Bonchev–Trinajstić information content (AvgIpc) is 2.59. The topological polar surface area (TPSA) is 52.6 Å². The van der Waals surface area contributed by atoms with E-state index < -0.39 is 5.97 Å². The highest BCUT2D eigenvalue weighted by Gasteiger charge is 2.12. The Hall–Kier alpha value is -2.10. The Morgan fingerprint density at radius 1 is 1.19 bits per heavy atom. The van der Waals surface area contributed by atoms with Gasteiger partial charge in [0.1, 0.15) is 18.0 Å². The first-order valence-electron chi connectivity index (χ1n) is 9.37. The first kappa shape index (κ1) is 21.9. The van der Waals surface area contributed by atoms with E-state index in [1.165, 1.54) is 16.7 Å². The van der Waals surface area contributed by atoms with Crippen molar-refractivity contribution in [2.75, 3.05) is 13.7 Å². The van der Waals surface area contributed by atoms with Gasteiger partial charge in [-0.2, -0.15) is 0 Å². The minimum absolute atomic E-state index is 0.0671. The fourth-order valence-corrected chi connectivity index (χ4v) is 2.88. The molecule has 0 amide bonds. The molecule has 1 aromatic rings.